The van der Waals surface area contributed by atoms with Gasteiger partial charge in [0.25, 0.3) is 0 Å². The van der Waals surface area contributed by atoms with E-state index in [1.807, 2.05) is 24.4 Å². The molecule has 0 saturated heterocycles. The fraction of sp³-hybridized carbons (Fsp3) is 0.214. The maximum Gasteiger partial charge on any atom is 0.136 e. The van der Waals surface area contributed by atoms with Crippen LogP contribution in [0, 0.1) is 18.8 Å². The van der Waals surface area contributed by atoms with E-state index in [9.17, 15) is 0 Å². The third-order valence-electron chi connectivity index (χ3n) is 11.6. The molecule has 1 aliphatic heterocycles. The molecule has 2 aromatic heterocycles. The summed E-state index contributed by atoms with van der Waals surface area (Å²) in [6.07, 6.45) is 6.11. The molecule has 1 aliphatic rings. The van der Waals surface area contributed by atoms with Crippen LogP contribution in [0.5, 0.6) is 11.5 Å². The van der Waals surface area contributed by atoms with Crippen molar-refractivity contribution in [2.45, 2.75) is 78.6 Å². The van der Waals surface area contributed by atoms with Gasteiger partial charge in [-0.3, -0.25) is 0 Å². The predicted molar refractivity (Wildman–Crippen MR) is 255 cm³/mol. The number of rotatable bonds is 7. The van der Waals surface area contributed by atoms with Crippen LogP contribution in [0.2, 0.25) is 0 Å². The average Bonchev–Trinajstić information content (AvgIpc) is 3.86. The zero-order valence-corrected chi connectivity index (χ0v) is 39.3. The largest absolute Gasteiger partial charge is 0.509 e. The fourth-order valence-corrected chi connectivity index (χ4v) is 8.42. The molecular weight excluding hydrogens is 940 g/mol. The molecule has 62 heavy (non-hydrogen) atoms. The first kappa shape index (κ1) is 42.8. The van der Waals surface area contributed by atoms with Crippen LogP contribution in [0.3, 0.4) is 0 Å². The number of hydrogen-bond acceptors (Lipinski definition) is 4. The minimum absolute atomic E-state index is 0. The fourth-order valence-electron chi connectivity index (χ4n) is 8.42. The van der Waals surface area contributed by atoms with Gasteiger partial charge in [0.2, 0.25) is 0 Å². The average molecular weight is 993 g/mol. The van der Waals surface area contributed by atoms with Gasteiger partial charge in [0.1, 0.15) is 5.82 Å². The topological polar surface area (TPSA) is 33.5 Å². The molecule has 0 atom stereocenters. The SMILES string of the molecule is CC(C)(C)c1ccc(-c2ccnc(-n3c4[c-]c(Oc5[c-]c(N6C=CN(c7c(-c8ccccc8)cccc7C(C)(C)C)[CH-]6)ccc5)ccc4c4cccc(C(C)(C)C)c43)c2)cc1.[Pt]. The van der Waals surface area contributed by atoms with Crippen molar-refractivity contribution >= 4 is 33.2 Å². The van der Waals surface area contributed by atoms with Gasteiger partial charge in [-0.25, -0.2) is 4.98 Å². The van der Waals surface area contributed by atoms with Crippen molar-refractivity contribution in [1.29, 1.82) is 0 Å². The molecular formula is C56H53N4OPt-3. The van der Waals surface area contributed by atoms with Crippen LogP contribution in [0.15, 0.2) is 152 Å². The minimum atomic E-state index is -0.116. The summed E-state index contributed by atoms with van der Waals surface area (Å²) in [5.41, 5.74) is 12.4. The van der Waals surface area contributed by atoms with Gasteiger partial charge < -0.3 is 19.1 Å². The number of anilines is 2. The van der Waals surface area contributed by atoms with E-state index in [2.05, 4.69) is 223 Å². The van der Waals surface area contributed by atoms with E-state index in [-0.39, 0.29) is 37.3 Å². The summed E-state index contributed by atoms with van der Waals surface area (Å²) < 4.78 is 8.90. The Morgan fingerprint density at radius 2 is 1.23 bits per heavy atom. The standard InChI is InChI=1S/C56H53N4O.Pt/c1-54(2,3)41-26-24-38(25-27-41)40-30-31-57-51(34-40)60-50-36-44(28-29-46(50)47-21-15-23-49(53(47)60)56(7,8)9)61-43-19-13-18-42(35-43)58-32-33-59(37-58)52-45(39-16-11-10-12-17-39)20-14-22-48(52)55(4,5)6;/h10-34,37H,1-9H3;/q-3;. The Labute approximate surface area is 382 Å². The van der Waals surface area contributed by atoms with E-state index in [1.54, 1.807) is 0 Å². The van der Waals surface area contributed by atoms with Crippen LogP contribution in [-0.4, -0.2) is 9.55 Å². The quantitative estimate of drug-likeness (QED) is 0.149. The summed E-state index contributed by atoms with van der Waals surface area (Å²) >= 11 is 0. The van der Waals surface area contributed by atoms with Crippen molar-refractivity contribution in [3.63, 3.8) is 0 Å². The molecule has 5 nitrogen and oxygen atoms in total. The molecule has 0 spiro atoms. The van der Waals surface area contributed by atoms with Crippen LogP contribution in [0.1, 0.15) is 79.0 Å². The second-order valence-electron chi connectivity index (χ2n) is 19.2. The number of fused-ring (bicyclic) bond motifs is 3. The van der Waals surface area contributed by atoms with E-state index in [1.165, 1.54) is 33.5 Å². The normalized spacial score (nSPS) is 13.2. The van der Waals surface area contributed by atoms with Crippen molar-refractivity contribution in [2.75, 3.05) is 9.80 Å². The molecule has 9 rings (SSSR count). The van der Waals surface area contributed by atoms with Crippen molar-refractivity contribution in [3.8, 4) is 39.6 Å². The molecule has 3 heterocycles. The Balaban J connectivity index is 0.00000529. The van der Waals surface area contributed by atoms with E-state index >= 15 is 0 Å². The van der Waals surface area contributed by atoms with Crippen LogP contribution in [0.25, 0.3) is 49.9 Å². The molecule has 6 aromatic carbocycles. The first-order valence-corrected chi connectivity index (χ1v) is 21.2. The van der Waals surface area contributed by atoms with Gasteiger partial charge in [-0.1, -0.05) is 159 Å². The van der Waals surface area contributed by atoms with Gasteiger partial charge >= 0.3 is 0 Å². The van der Waals surface area contributed by atoms with Crippen LogP contribution in [-0.2, 0) is 37.3 Å². The third kappa shape index (κ3) is 8.23. The number of para-hydroxylation sites is 2. The van der Waals surface area contributed by atoms with Crippen LogP contribution < -0.4 is 14.5 Å². The molecule has 0 saturated carbocycles. The third-order valence-corrected chi connectivity index (χ3v) is 11.6. The van der Waals surface area contributed by atoms with E-state index in [0.29, 0.717) is 11.5 Å². The van der Waals surface area contributed by atoms with Crippen molar-refractivity contribution < 1.29 is 25.8 Å². The first-order chi connectivity index (χ1) is 29.1. The molecule has 0 amide bonds. The number of hydrogen-bond donors (Lipinski definition) is 0. The van der Waals surface area contributed by atoms with Crippen LogP contribution >= 0.6 is 0 Å². The summed E-state index contributed by atoms with van der Waals surface area (Å²) in [6.45, 7) is 22.5. The minimum Gasteiger partial charge on any atom is -0.509 e. The van der Waals surface area contributed by atoms with Gasteiger partial charge in [0.05, 0.1) is 0 Å². The number of benzene rings is 6. The maximum atomic E-state index is 6.63. The maximum absolute atomic E-state index is 6.63. The second-order valence-corrected chi connectivity index (χ2v) is 19.2. The van der Waals surface area contributed by atoms with E-state index in [0.717, 1.165) is 44.4 Å². The molecule has 0 radical (unpaired) electrons. The Morgan fingerprint density at radius 1 is 0.548 bits per heavy atom. The Hall–Kier alpha value is -5.90. The van der Waals surface area contributed by atoms with Crippen LogP contribution in [0.4, 0.5) is 11.4 Å². The molecule has 0 aliphatic carbocycles. The van der Waals surface area contributed by atoms with Gasteiger partial charge in [-0.15, -0.1) is 48.1 Å². The second kappa shape index (κ2) is 16.4. The molecule has 316 valence electrons. The Kier molecular flexibility index (Phi) is 11.3. The first-order valence-electron chi connectivity index (χ1n) is 21.2. The molecule has 6 heteroatoms. The predicted octanol–water partition coefficient (Wildman–Crippen LogP) is 14.7. The van der Waals surface area contributed by atoms with Crippen molar-refractivity contribution in [1.82, 2.24) is 9.55 Å². The summed E-state index contributed by atoms with van der Waals surface area (Å²) in [7, 11) is 0. The number of aromatic nitrogens is 2. The number of pyridine rings is 1. The molecule has 0 bridgehead atoms. The number of nitrogens with zero attached hydrogens (tertiary/aromatic N) is 4. The zero-order valence-electron chi connectivity index (χ0n) is 37.0. The molecule has 8 aromatic rings. The number of ether oxygens (including phenoxy) is 1. The van der Waals surface area contributed by atoms with E-state index in [4.69, 9.17) is 9.72 Å². The van der Waals surface area contributed by atoms with Gasteiger partial charge in [0, 0.05) is 55.5 Å². The monoisotopic (exact) mass is 992 g/mol. The van der Waals surface area contributed by atoms with Crippen molar-refractivity contribution in [2.24, 2.45) is 0 Å². The van der Waals surface area contributed by atoms with Gasteiger partial charge in [0.15, 0.2) is 0 Å². The van der Waals surface area contributed by atoms with Crippen molar-refractivity contribution in [3.05, 3.63) is 188 Å². The van der Waals surface area contributed by atoms with Gasteiger partial charge in [-0.2, -0.15) is 12.1 Å². The van der Waals surface area contributed by atoms with E-state index < -0.39 is 0 Å². The smallest absolute Gasteiger partial charge is 0.136 e. The zero-order chi connectivity index (χ0) is 42.7. The molecule has 0 N–H and O–H groups in total. The Bertz CT molecular complexity index is 2930. The molecule has 0 fully saturated rings. The summed E-state index contributed by atoms with van der Waals surface area (Å²) in [6, 6.07) is 54.4. The van der Waals surface area contributed by atoms with Gasteiger partial charge in [-0.05, 0) is 79.5 Å². The Morgan fingerprint density at radius 3 is 1.95 bits per heavy atom. The molecule has 0 unspecified atom stereocenters. The summed E-state index contributed by atoms with van der Waals surface area (Å²) in [4.78, 5) is 9.32. The summed E-state index contributed by atoms with van der Waals surface area (Å²) in [5, 5.41) is 2.25. The summed E-state index contributed by atoms with van der Waals surface area (Å²) in [5.74, 6) is 2.04.